The first kappa shape index (κ1) is 16.7. The minimum Gasteiger partial charge on any atom is -0.468 e. The summed E-state index contributed by atoms with van der Waals surface area (Å²) in [5, 5.41) is 3.55. The van der Waals surface area contributed by atoms with Crippen molar-refractivity contribution in [2.45, 2.75) is 51.1 Å². The highest BCUT2D eigenvalue weighted by atomic mass is 16.5. The molecule has 122 valence electrons. The van der Waals surface area contributed by atoms with E-state index in [-0.39, 0.29) is 5.97 Å². The van der Waals surface area contributed by atoms with Crippen LogP contribution in [0.5, 0.6) is 0 Å². The van der Waals surface area contributed by atoms with Crippen LogP contribution in [0.15, 0.2) is 0 Å². The Labute approximate surface area is 129 Å². The molecule has 5 nitrogen and oxygen atoms in total. The number of methoxy groups -OCH3 is 1. The summed E-state index contributed by atoms with van der Waals surface area (Å²) in [6, 6.07) is 0.554. The zero-order chi connectivity index (χ0) is 15.3. The fraction of sp³-hybridized carbons (Fsp3) is 0.938. The second-order valence-corrected chi connectivity index (χ2v) is 6.31. The van der Waals surface area contributed by atoms with Crippen molar-refractivity contribution in [3.05, 3.63) is 0 Å². The van der Waals surface area contributed by atoms with E-state index in [1.54, 1.807) is 0 Å². The van der Waals surface area contributed by atoms with Gasteiger partial charge in [-0.2, -0.15) is 0 Å². The molecule has 2 aliphatic heterocycles. The summed E-state index contributed by atoms with van der Waals surface area (Å²) in [6.45, 7) is 10.5. The molecule has 21 heavy (non-hydrogen) atoms. The van der Waals surface area contributed by atoms with Crippen molar-refractivity contribution < 1.29 is 9.53 Å². The molecule has 0 amide bonds. The summed E-state index contributed by atoms with van der Waals surface area (Å²) in [6.07, 6.45) is 4.25. The number of rotatable bonds is 7. The molecule has 2 aliphatic rings. The molecule has 0 radical (unpaired) electrons. The van der Waals surface area contributed by atoms with E-state index in [9.17, 15) is 4.79 Å². The number of ether oxygens (including phenoxy) is 1. The van der Waals surface area contributed by atoms with Crippen LogP contribution in [0.25, 0.3) is 0 Å². The third-order valence-corrected chi connectivity index (χ3v) is 5.27. The monoisotopic (exact) mass is 297 g/mol. The molecule has 5 heteroatoms. The number of nitrogens with zero attached hydrogens (tertiary/aromatic N) is 2. The molecular weight excluding hydrogens is 266 g/mol. The Hall–Kier alpha value is -0.650. The van der Waals surface area contributed by atoms with Crippen molar-refractivity contribution in [2.75, 3.05) is 46.4 Å². The first-order valence-corrected chi connectivity index (χ1v) is 8.45. The molecule has 0 bridgehead atoms. The molecule has 0 saturated carbocycles. The normalized spacial score (nSPS) is 29.6. The molecule has 1 N–H and O–H groups in total. The smallest absolute Gasteiger partial charge is 0.326 e. The van der Waals surface area contributed by atoms with Crippen LogP contribution in [0, 0.1) is 0 Å². The third kappa shape index (κ3) is 3.76. The Bertz CT molecular complexity index is 346. The fourth-order valence-corrected chi connectivity index (χ4v) is 3.87. The maximum Gasteiger partial charge on any atom is 0.326 e. The minimum atomic E-state index is -0.465. The van der Waals surface area contributed by atoms with Gasteiger partial charge in [0.1, 0.15) is 5.54 Å². The Morgan fingerprint density at radius 1 is 1.38 bits per heavy atom. The van der Waals surface area contributed by atoms with Crippen molar-refractivity contribution in [1.82, 2.24) is 15.1 Å². The van der Waals surface area contributed by atoms with Crippen LogP contribution in [-0.2, 0) is 9.53 Å². The van der Waals surface area contributed by atoms with Crippen LogP contribution >= 0.6 is 0 Å². The Morgan fingerprint density at radius 2 is 2.14 bits per heavy atom. The Kier molecular flexibility index (Phi) is 6.02. The third-order valence-electron chi connectivity index (χ3n) is 5.27. The topological polar surface area (TPSA) is 44.8 Å². The minimum absolute atomic E-state index is 0.0754. The number of carbonyl (C=O) groups is 1. The molecule has 0 aromatic carbocycles. The van der Waals surface area contributed by atoms with Gasteiger partial charge in [-0.3, -0.25) is 4.79 Å². The van der Waals surface area contributed by atoms with Gasteiger partial charge in [0.15, 0.2) is 0 Å². The molecule has 0 spiro atoms. The predicted molar refractivity (Wildman–Crippen MR) is 84.4 cm³/mol. The van der Waals surface area contributed by atoms with Crippen LogP contribution in [0.4, 0.5) is 0 Å². The van der Waals surface area contributed by atoms with E-state index >= 15 is 0 Å². The number of hydrogen-bond donors (Lipinski definition) is 1. The summed E-state index contributed by atoms with van der Waals surface area (Å²) >= 11 is 0. The van der Waals surface area contributed by atoms with Crippen molar-refractivity contribution in [3.63, 3.8) is 0 Å². The summed E-state index contributed by atoms with van der Waals surface area (Å²) in [5.41, 5.74) is -0.465. The maximum atomic E-state index is 12.4. The molecule has 0 aromatic heterocycles. The van der Waals surface area contributed by atoms with Gasteiger partial charge in [-0.25, -0.2) is 0 Å². The van der Waals surface area contributed by atoms with Crippen molar-refractivity contribution >= 4 is 5.97 Å². The molecule has 2 rings (SSSR count). The summed E-state index contributed by atoms with van der Waals surface area (Å²) in [7, 11) is 1.51. The van der Waals surface area contributed by atoms with Gasteiger partial charge in [0.25, 0.3) is 0 Å². The van der Waals surface area contributed by atoms with Gasteiger partial charge in [-0.05, 0) is 45.3 Å². The number of hydrogen-bond acceptors (Lipinski definition) is 5. The van der Waals surface area contributed by atoms with E-state index in [0.717, 1.165) is 45.6 Å². The number of esters is 1. The van der Waals surface area contributed by atoms with Crippen molar-refractivity contribution in [2.24, 2.45) is 0 Å². The van der Waals surface area contributed by atoms with Crippen LogP contribution in [0.3, 0.4) is 0 Å². The summed E-state index contributed by atoms with van der Waals surface area (Å²) in [5.74, 6) is -0.0754. The Balaban J connectivity index is 1.96. The van der Waals surface area contributed by atoms with E-state index in [4.69, 9.17) is 4.74 Å². The number of nitrogens with one attached hydrogen (secondary N) is 1. The number of carbonyl (C=O) groups excluding carboxylic acids is 1. The van der Waals surface area contributed by atoms with Gasteiger partial charge in [0.2, 0.25) is 0 Å². The van der Waals surface area contributed by atoms with Gasteiger partial charge in [0.05, 0.1) is 7.11 Å². The lowest BCUT2D eigenvalue weighted by Crippen LogP contribution is -2.61. The van der Waals surface area contributed by atoms with Gasteiger partial charge in [-0.1, -0.05) is 13.8 Å². The molecule has 2 heterocycles. The molecule has 2 atom stereocenters. The zero-order valence-electron chi connectivity index (χ0n) is 13.9. The highest BCUT2D eigenvalue weighted by Crippen LogP contribution is 2.33. The zero-order valence-corrected chi connectivity index (χ0v) is 13.9. The maximum absolute atomic E-state index is 12.4. The van der Waals surface area contributed by atoms with Gasteiger partial charge in [0, 0.05) is 25.7 Å². The van der Waals surface area contributed by atoms with E-state index in [1.165, 1.54) is 26.5 Å². The van der Waals surface area contributed by atoms with Crippen LogP contribution in [0.1, 0.15) is 39.5 Å². The Morgan fingerprint density at radius 3 is 2.81 bits per heavy atom. The van der Waals surface area contributed by atoms with E-state index < -0.39 is 5.54 Å². The largest absolute Gasteiger partial charge is 0.468 e. The van der Waals surface area contributed by atoms with E-state index in [2.05, 4.69) is 29.0 Å². The van der Waals surface area contributed by atoms with Gasteiger partial charge >= 0.3 is 5.97 Å². The van der Waals surface area contributed by atoms with Crippen LogP contribution in [0.2, 0.25) is 0 Å². The molecule has 0 aromatic rings. The number of fused-ring (bicyclic) bond motifs is 1. The molecule has 0 aliphatic carbocycles. The van der Waals surface area contributed by atoms with Crippen LogP contribution in [-0.4, -0.2) is 73.7 Å². The quantitative estimate of drug-likeness (QED) is 0.713. The molecule has 2 unspecified atom stereocenters. The molecular formula is C16H31N3O2. The highest BCUT2D eigenvalue weighted by Gasteiger charge is 2.46. The van der Waals surface area contributed by atoms with Crippen molar-refractivity contribution in [1.29, 1.82) is 0 Å². The molecule has 2 fully saturated rings. The average Bonchev–Trinajstić information content (AvgIpc) is 2.98. The first-order chi connectivity index (χ1) is 10.1. The van der Waals surface area contributed by atoms with E-state index in [1.807, 2.05) is 0 Å². The van der Waals surface area contributed by atoms with Gasteiger partial charge in [-0.15, -0.1) is 0 Å². The lowest BCUT2D eigenvalue weighted by molar-refractivity contribution is -0.151. The van der Waals surface area contributed by atoms with Gasteiger partial charge < -0.3 is 19.9 Å². The lowest BCUT2D eigenvalue weighted by atomic mass is 9.83. The predicted octanol–water partition coefficient (Wildman–Crippen LogP) is 1.09. The second-order valence-electron chi connectivity index (χ2n) is 6.31. The summed E-state index contributed by atoms with van der Waals surface area (Å²) < 4.78 is 5.12. The first-order valence-electron chi connectivity index (χ1n) is 8.45. The lowest BCUT2D eigenvalue weighted by Gasteiger charge is -2.43. The standard InChI is InChI=1S/C16H31N3O2/c1-4-18(5-2)12-9-17-16(15(20)21-3)8-11-19-10-6-7-14(19)13-16/h14,17H,4-13H2,1-3H3. The van der Waals surface area contributed by atoms with Crippen molar-refractivity contribution in [3.8, 4) is 0 Å². The summed E-state index contributed by atoms with van der Waals surface area (Å²) in [4.78, 5) is 17.3. The molecule has 2 saturated heterocycles. The second kappa shape index (κ2) is 7.56. The SMILES string of the molecule is CCN(CC)CCNC1(C(=O)OC)CCN2CCCC2C1. The fourth-order valence-electron chi connectivity index (χ4n) is 3.87. The number of piperidine rings is 1. The average molecular weight is 297 g/mol. The number of likely N-dealkylation sites (N-methyl/N-ethyl adjacent to an activating group) is 1. The van der Waals surface area contributed by atoms with Crippen LogP contribution < -0.4 is 5.32 Å². The highest BCUT2D eigenvalue weighted by molar-refractivity contribution is 5.81. The van der Waals surface area contributed by atoms with E-state index in [0.29, 0.717) is 6.04 Å².